The van der Waals surface area contributed by atoms with Crippen LogP contribution in [0.2, 0.25) is 0 Å². The molecule has 3 rings (SSSR count). The van der Waals surface area contributed by atoms with Gasteiger partial charge in [-0.2, -0.15) is 0 Å². The molecule has 3 atom stereocenters. The van der Waals surface area contributed by atoms with E-state index in [0.717, 1.165) is 50.2 Å². The summed E-state index contributed by atoms with van der Waals surface area (Å²) in [7, 11) is 0. The lowest BCUT2D eigenvalue weighted by Gasteiger charge is -2.29. The Kier molecular flexibility index (Phi) is 11.7. The molecule has 2 aromatic rings. The number of hydrogen-bond donors (Lipinski definition) is 4. The van der Waals surface area contributed by atoms with Crippen molar-refractivity contribution in [1.29, 1.82) is 0 Å². The van der Waals surface area contributed by atoms with Gasteiger partial charge in [0.05, 0.1) is 12.1 Å². The molecule has 1 saturated carbocycles. The summed E-state index contributed by atoms with van der Waals surface area (Å²) in [5.41, 5.74) is 8.29. The zero-order chi connectivity index (χ0) is 27.5. The summed E-state index contributed by atoms with van der Waals surface area (Å²) in [5, 5.41) is 17.0. The maximum atomic E-state index is 13.8. The van der Waals surface area contributed by atoms with Gasteiger partial charge in [0.2, 0.25) is 11.8 Å². The Balaban J connectivity index is 1.62. The van der Waals surface area contributed by atoms with E-state index in [-0.39, 0.29) is 43.0 Å². The normalized spacial score (nSPS) is 16.5. The van der Waals surface area contributed by atoms with Crippen molar-refractivity contribution in [3.63, 3.8) is 0 Å². The monoisotopic (exact) mass is 529 g/mol. The topological polar surface area (TPSA) is 104 Å². The molecule has 38 heavy (non-hydrogen) atoms. The summed E-state index contributed by atoms with van der Waals surface area (Å²) in [5.74, 6) is -2.31. The minimum absolute atomic E-state index is 0.0520. The summed E-state index contributed by atoms with van der Waals surface area (Å²) < 4.78 is 27.6. The van der Waals surface area contributed by atoms with Crippen LogP contribution in [0.3, 0.4) is 0 Å². The molecule has 1 unspecified atom stereocenters. The number of aliphatic hydroxyl groups is 1. The van der Waals surface area contributed by atoms with E-state index in [1.165, 1.54) is 17.7 Å². The van der Waals surface area contributed by atoms with Crippen LogP contribution in [-0.2, 0) is 29.0 Å². The van der Waals surface area contributed by atoms with Crippen molar-refractivity contribution in [2.45, 2.75) is 83.4 Å². The minimum Gasteiger partial charge on any atom is -0.390 e. The maximum Gasteiger partial charge on any atom is 0.220 e. The fraction of sp³-hybridized carbons (Fsp3) is 0.533. The van der Waals surface area contributed by atoms with Crippen molar-refractivity contribution in [2.75, 3.05) is 6.54 Å². The molecule has 0 heterocycles. The fourth-order valence-corrected chi connectivity index (χ4v) is 5.44. The predicted molar refractivity (Wildman–Crippen MR) is 144 cm³/mol. The van der Waals surface area contributed by atoms with Crippen LogP contribution in [-0.4, -0.2) is 35.6 Å². The molecule has 1 aliphatic carbocycles. The Labute approximate surface area is 224 Å². The average Bonchev–Trinajstić information content (AvgIpc) is 2.88. The number of benzene rings is 2. The third-order valence-electron chi connectivity index (χ3n) is 7.54. The summed E-state index contributed by atoms with van der Waals surface area (Å²) >= 11 is 0. The van der Waals surface area contributed by atoms with Crippen molar-refractivity contribution in [3.05, 3.63) is 70.8 Å². The summed E-state index contributed by atoms with van der Waals surface area (Å²) in [6.07, 6.45) is 5.55. The number of nitrogens with two attached hydrogens (primary N) is 1. The molecular weight excluding hydrogens is 488 g/mol. The molecule has 6 nitrogen and oxygen atoms in total. The molecule has 5 N–H and O–H groups in total. The van der Waals surface area contributed by atoms with Crippen LogP contribution in [0.25, 0.3) is 0 Å². The van der Waals surface area contributed by atoms with Gasteiger partial charge in [-0.25, -0.2) is 8.78 Å². The second-order valence-electron chi connectivity index (χ2n) is 10.5. The minimum atomic E-state index is -1.01. The van der Waals surface area contributed by atoms with E-state index >= 15 is 0 Å². The number of amides is 2. The van der Waals surface area contributed by atoms with Gasteiger partial charge in [0.15, 0.2) is 0 Å². The molecule has 1 aliphatic rings. The first kappa shape index (κ1) is 29.7. The number of halogens is 2. The first-order valence-corrected chi connectivity index (χ1v) is 13.8. The van der Waals surface area contributed by atoms with Gasteiger partial charge in [-0.1, -0.05) is 50.5 Å². The van der Waals surface area contributed by atoms with Gasteiger partial charge < -0.3 is 21.5 Å². The molecule has 8 heteroatoms. The molecule has 2 aromatic carbocycles. The predicted octanol–water partition coefficient (Wildman–Crippen LogP) is 4.17. The second-order valence-corrected chi connectivity index (χ2v) is 10.5. The van der Waals surface area contributed by atoms with Gasteiger partial charge in [-0.15, -0.1) is 0 Å². The fourth-order valence-electron chi connectivity index (χ4n) is 5.44. The average molecular weight is 530 g/mol. The number of aliphatic hydroxyl groups excluding tert-OH is 1. The van der Waals surface area contributed by atoms with E-state index in [9.17, 15) is 23.5 Å². The maximum absolute atomic E-state index is 13.8. The zero-order valence-corrected chi connectivity index (χ0v) is 22.2. The third-order valence-corrected chi connectivity index (χ3v) is 7.54. The molecule has 2 amide bonds. The van der Waals surface area contributed by atoms with Crippen LogP contribution in [0, 0.1) is 23.5 Å². The second kappa shape index (κ2) is 14.9. The number of hydrogen-bond acceptors (Lipinski definition) is 4. The number of nitrogens with one attached hydrogen (secondary N) is 2. The quantitative estimate of drug-likeness (QED) is 0.295. The van der Waals surface area contributed by atoms with Gasteiger partial charge in [-0.05, 0) is 66.8 Å². The molecular formula is C30H41F2N3O3. The highest BCUT2D eigenvalue weighted by molar-refractivity contribution is 5.80. The summed E-state index contributed by atoms with van der Waals surface area (Å²) in [4.78, 5) is 25.0. The van der Waals surface area contributed by atoms with E-state index in [1.807, 2.05) is 12.1 Å². The highest BCUT2D eigenvalue weighted by Gasteiger charge is 2.29. The van der Waals surface area contributed by atoms with E-state index in [2.05, 4.69) is 29.7 Å². The highest BCUT2D eigenvalue weighted by atomic mass is 19.1. The molecule has 0 aliphatic heterocycles. The molecule has 0 saturated heterocycles. The van der Waals surface area contributed by atoms with Crippen LogP contribution in [0.15, 0.2) is 42.5 Å². The molecule has 0 radical (unpaired) electrons. The number of carbonyl (C=O) groups excluding carboxylic acids is 2. The van der Waals surface area contributed by atoms with Crippen LogP contribution in [0.4, 0.5) is 8.78 Å². The largest absolute Gasteiger partial charge is 0.390 e. The summed E-state index contributed by atoms with van der Waals surface area (Å²) in [6.45, 7) is 2.78. The SMILES string of the molecule is CCc1cccc(CNC[C@@H](O)[C@H](Cc2cc(F)cc(F)c2)NC(=O)CCC(C(N)=O)C2CCCCC2)c1. The van der Waals surface area contributed by atoms with Crippen molar-refractivity contribution in [1.82, 2.24) is 10.6 Å². The lowest BCUT2D eigenvalue weighted by Crippen LogP contribution is -2.48. The number of rotatable bonds is 14. The van der Waals surface area contributed by atoms with Crippen LogP contribution in [0.5, 0.6) is 0 Å². The van der Waals surface area contributed by atoms with Crippen molar-refractivity contribution in [3.8, 4) is 0 Å². The first-order valence-electron chi connectivity index (χ1n) is 13.8. The van der Waals surface area contributed by atoms with E-state index in [1.54, 1.807) is 0 Å². The highest BCUT2D eigenvalue weighted by Crippen LogP contribution is 2.32. The van der Waals surface area contributed by atoms with Crippen LogP contribution >= 0.6 is 0 Å². The number of primary amides is 1. The third kappa shape index (κ3) is 9.48. The Morgan fingerprint density at radius 2 is 1.71 bits per heavy atom. The molecule has 0 aromatic heterocycles. The summed E-state index contributed by atoms with van der Waals surface area (Å²) in [6, 6.07) is 10.5. The zero-order valence-electron chi connectivity index (χ0n) is 22.2. The Bertz CT molecular complexity index is 1040. The molecule has 208 valence electrons. The van der Waals surface area contributed by atoms with Crippen molar-refractivity contribution in [2.24, 2.45) is 17.6 Å². The van der Waals surface area contributed by atoms with Gasteiger partial charge in [0.25, 0.3) is 0 Å². The Hall–Kier alpha value is -2.84. The number of aryl methyl sites for hydroxylation is 1. The molecule has 0 bridgehead atoms. The smallest absolute Gasteiger partial charge is 0.220 e. The Morgan fingerprint density at radius 3 is 2.37 bits per heavy atom. The van der Waals surface area contributed by atoms with Gasteiger partial charge in [0.1, 0.15) is 11.6 Å². The van der Waals surface area contributed by atoms with Crippen molar-refractivity contribution < 1.29 is 23.5 Å². The molecule has 0 spiro atoms. The van der Waals surface area contributed by atoms with Crippen LogP contribution in [0.1, 0.15) is 68.6 Å². The van der Waals surface area contributed by atoms with E-state index in [4.69, 9.17) is 5.73 Å². The van der Waals surface area contributed by atoms with Gasteiger partial charge in [-0.3, -0.25) is 9.59 Å². The van der Waals surface area contributed by atoms with Gasteiger partial charge >= 0.3 is 0 Å². The number of carbonyl (C=O) groups is 2. The van der Waals surface area contributed by atoms with Crippen LogP contribution < -0.4 is 16.4 Å². The van der Waals surface area contributed by atoms with Gasteiger partial charge in [0, 0.05) is 31.5 Å². The Morgan fingerprint density at radius 1 is 1.03 bits per heavy atom. The molecule has 1 fully saturated rings. The lowest BCUT2D eigenvalue weighted by atomic mass is 9.77. The first-order chi connectivity index (χ1) is 18.2. The van der Waals surface area contributed by atoms with E-state index < -0.39 is 23.8 Å². The standard InChI is InChI=1S/C30H41F2N3O3/c1-2-20-7-6-8-21(13-20)18-34-19-28(36)27(16-22-14-24(31)17-25(32)15-22)35-29(37)12-11-26(30(33)38)23-9-4-3-5-10-23/h6-8,13-15,17,23,26-28,34,36H,2-5,9-12,16,18-19H2,1H3,(H2,33,38)(H,35,37)/t26?,27-,28+/m0/s1. The van der Waals surface area contributed by atoms with Crippen molar-refractivity contribution >= 4 is 11.8 Å². The lowest BCUT2D eigenvalue weighted by molar-refractivity contribution is -0.125. The van der Waals surface area contributed by atoms with E-state index in [0.29, 0.717) is 18.5 Å².